The van der Waals surface area contributed by atoms with Crippen molar-refractivity contribution in [2.24, 2.45) is 5.92 Å². The number of ketones is 1. The van der Waals surface area contributed by atoms with Crippen LogP contribution in [0, 0.1) is 12.8 Å². The molecule has 1 aliphatic rings. The second-order valence-electron chi connectivity index (χ2n) is 7.48. The van der Waals surface area contributed by atoms with Crippen molar-refractivity contribution in [3.63, 3.8) is 0 Å². The molecule has 2 heterocycles. The van der Waals surface area contributed by atoms with Crippen LogP contribution < -0.4 is 10.1 Å². The van der Waals surface area contributed by atoms with E-state index >= 15 is 0 Å². The zero-order chi connectivity index (χ0) is 22.6. The summed E-state index contributed by atoms with van der Waals surface area (Å²) in [5, 5.41) is 2.71. The standard InChI is InChI=1S/C21H23F3N4O3/c1-3-14-7-13(10-26-20(14)31-11-21(22,23)24)9-25-19(30)16-6-12(2)27-18(28-16)8-17(29)15-4-5-15/h6-7,10,15H,3-5,8-9,11H2,1-2H3,(H,25,30). The summed E-state index contributed by atoms with van der Waals surface area (Å²) in [5.41, 5.74) is 1.86. The summed E-state index contributed by atoms with van der Waals surface area (Å²) in [4.78, 5) is 36.9. The Bertz CT molecular complexity index is 975. The highest BCUT2D eigenvalue weighted by molar-refractivity contribution is 5.92. The number of aromatic nitrogens is 3. The molecule has 0 unspecified atom stereocenters. The molecule has 1 aliphatic carbocycles. The van der Waals surface area contributed by atoms with Crippen LogP contribution in [-0.4, -0.2) is 39.4 Å². The van der Waals surface area contributed by atoms with Crippen molar-refractivity contribution >= 4 is 11.7 Å². The number of aryl methyl sites for hydroxylation is 2. The van der Waals surface area contributed by atoms with Crippen LogP contribution in [0.25, 0.3) is 0 Å². The molecule has 10 heteroatoms. The number of alkyl halides is 3. The van der Waals surface area contributed by atoms with E-state index in [4.69, 9.17) is 4.74 Å². The van der Waals surface area contributed by atoms with E-state index in [1.165, 1.54) is 12.3 Å². The molecule has 1 N–H and O–H groups in total. The van der Waals surface area contributed by atoms with Gasteiger partial charge in [-0.2, -0.15) is 13.2 Å². The van der Waals surface area contributed by atoms with Crippen LogP contribution >= 0.6 is 0 Å². The van der Waals surface area contributed by atoms with Crippen LogP contribution in [0.2, 0.25) is 0 Å². The first-order valence-corrected chi connectivity index (χ1v) is 9.97. The fraction of sp³-hybridized carbons (Fsp3) is 0.476. The lowest BCUT2D eigenvalue weighted by atomic mass is 10.1. The van der Waals surface area contributed by atoms with Crippen LogP contribution in [0.5, 0.6) is 5.88 Å². The number of ether oxygens (including phenoxy) is 1. The number of Topliss-reactive ketones (excluding diaryl/α,β-unsaturated/α-hetero) is 1. The van der Waals surface area contributed by atoms with Gasteiger partial charge in [0.05, 0.1) is 6.42 Å². The lowest BCUT2D eigenvalue weighted by Gasteiger charge is -2.13. The number of hydrogen-bond donors (Lipinski definition) is 1. The van der Waals surface area contributed by atoms with Crippen molar-refractivity contribution in [1.82, 2.24) is 20.3 Å². The fourth-order valence-electron chi connectivity index (χ4n) is 2.98. The molecule has 3 rings (SSSR count). The van der Waals surface area contributed by atoms with Crippen LogP contribution in [-0.2, 0) is 24.2 Å². The summed E-state index contributed by atoms with van der Waals surface area (Å²) < 4.78 is 41.9. The zero-order valence-electron chi connectivity index (χ0n) is 17.3. The van der Waals surface area contributed by atoms with E-state index in [1.54, 1.807) is 19.9 Å². The van der Waals surface area contributed by atoms with Crippen molar-refractivity contribution in [1.29, 1.82) is 0 Å². The van der Waals surface area contributed by atoms with Gasteiger partial charge in [-0.25, -0.2) is 15.0 Å². The minimum absolute atomic E-state index is 0.0775. The second kappa shape index (κ2) is 9.40. The van der Waals surface area contributed by atoms with E-state index in [-0.39, 0.29) is 36.2 Å². The molecule has 1 amide bonds. The fourth-order valence-corrected chi connectivity index (χ4v) is 2.98. The van der Waals surface area contributed by atoms with Crippen LogP contribution in [0.3, 0.4) is 0 Å². The predicted octanol–water partition coefficient (Wildman–Crippen LogP) is 3.14. The van der Waals surface area contributed by atoms with E-state index in [0.717, 1.165) is 12.8 Å². The first-order chi connectivity index (χ1) is 14.6. The van der Waals surface area contributed by atoms with Gasteiger partial charge >= 0.3 is 6.18 Å². The third-order valence-electron chi connectivity index (χ3n) is 4.69. The quantitative estimate of drug-likeness (QED) is 0.649. The maximum absolute atomic E-state index is 12.5. The summed E-state index contributed by atoms with van der Waals surface area (Å²) in [6.45, 7) is 2.19. The third kappa shape index (κ3) is 6.73. The minimum Gasteiger partial charge on any atom is -0.468 e. The Labute approximate surface area is 177 Å². The lowest BCUT2D eigenvalue weighted by Crippen LogP contribution is -2.25. The van der Waals surface area contributed by atoms with Crippen LogP contribution in [0.15, 0.2) is 18.3 Å². The smallest absolute Gasteiger partial charge is 0.422 e. The van der Waals surface area contributed by atoms with Gasteiger partial charge in [-0.3, -0.25) is 9.59 Å². The van der Waals surface area contributed by atoms with Gasteiger partial charge in [-0.1, -0.05) is 6.92 Å². The highest BCUT2D eigenvalue weighted by Gasteiger charge is 2.30. The van der Waals surface area contributed by atoms with E-state index < -0.39 is 18.7 Å². The van der Waals surface area contributed by atoms with E-state index in [2.05, 4.69) is 20.3 Å². The number of halogens is 3. The summed E-state index contributed by atoms with van der Waals surface area (Å²) >= 11 is 0. The number of amides is 1. The molecule has 0 atom stereocenters. The van der Waals surface area contributed by atoms with Crippen molar-refractivity contribution in [3.8, 4) is 5.88 Å². The molecular formula is C21H23F3N4O3. The monoisotopic (exact) mass is 436 g/mol. The van der Waals surface area contributed by atoms with Crippen LogP contribution in [0.1, 0.15) is 52.9 Å². The maximum Gasteiger partial charge on any atom is 0.422 e. The molecular weight excluding hydrogens is 413 g/mol. The van der Waals surface area contributed by atoms with E-state index in [1.807, 2.05) is 0 Å². The Kier molecular flexibility index (Phi) is 6.87. The number of nitrogens with one attached hydrogen (secondary N) is 1. The average Bonchev–Trinajstić information content (AvgIpc) is 3.55. The first kappa shape index (κ1) is 22.6. The van der Waals surface area contributed by atoms with Gasteiger partial charge in [0.2, 0.25) is 5.88 Å². The number of hydrogen-bond acceptors (Lipinski definition) is 6. The summed E-state index contributed by atoms with van der Waals surface area (Å²) in [7, 11) is 0. The van der Waals surface area contributed by atoms with Crippen LogP contribution in [0.4, 0.5) is 13.2 Å². The highest BCUT2D eigenvalue weighted by Crippen LogP contribution is 2.30. The lowest BCUT2D eigenvalue weighted by molar-refractivity contribution is -0.154. The number of rotatable bonds is 9. The molecule has 0 aromatic carbocycles. The molecule has 0 aliphatic heterocycles. The van der Waals surface area contributed by atoms with Crippen molar-refractivity contribution < 1.29 is 27.5 Å². The summed E-state index contributed by atoms with van der Waals surface area (Å²) in [5.74, 6) is -0.0248. The highest BCUT2D eigenvalue weighted by atomic mass is 19.4. The molecule has 31 heavy (non-hydrogen) atoms. The molecule has 2 aromatic rings. The zero-order valence-corrected chi connectivity index (χ0v) is 17.3. The average molecular weight is 436 g/mol. The van der Waals surface area contributed by atoms with Gasteiger partial charge in [0.15, 0.2) is 6.61 Å². The van der Waals surface area contributed by atoms with Gasteiger partial charge in [0, 0.05) is 29.9 Å². The third-order valence-corrected chi connectivity index (χ3v) is 4.69. The first-order valence-electron chi connectivity index (χ1n) is 9.97. The molecule has 0 saturated heterocycles. The molecule has 1 saturated carbocycles. The van der Waals surface area contributed by atoms with E-state index in [0.29, 0.717) is 29.1 Å². The Morgan fingerprint density at radius 3 is 2.61 bits per heavy atom. The number of carbonyl (C=O) groups excluding carboxylic acids is 2. The van der Waals surface area contributed by atoms with Gasteiger partial charge < -0.3 is 10.1 Å². The maximum atomic E-state index is 12.5. The Morgan fingerprint density at radius 2 is 1.97 bits per heavy atom. The Hall–Kier alpha value is -3.04. The topological polar surface area (TPSA) is 94.1 Å². The largest absolute Gasteiger partial charge is 0.468 e. The van der Waals surface area contributed by atoms with Crippen molar-refractivity contribution in [2.75, 3.05) is 6.61 Å². The minimum atomic E-state index is -4.45. The summed E-state index contributed by atoms with van der Waals surface area (Å²) in [6.07, 6.45) is -0.772. The van der Waals surface area contributed by atoms with E-state index in [9.17, 15) is 22.8 Å². The van der Waals surface area contributed by atoms with Gasteiger partial charge in [0.1, 0.15) is 17.3 Å². The van der Waals surface area contributed by atoms with Gasteiger partial charge in [-0.05, 0) is 43.9 Å². The molecule has 166 valence electrons. The second-order valence-corrected chi connectivity index (χ2v) is 7.48. The SMILES string of the molecule is CCc1cc(CNC(=O)c2cc(C)nc(CC(=O)C3CC3)n2)cnc1OCC(F)(F)F. The van der Waals surface area contributed by atoms with Gasteiger partial charge in [0.25, 0.3) is 5.91 Å². The predicted molar refractivity (Wildman–Crippen MR) is 105 cm³/mol. The number of nitrogens with zero attached hydrogens (tertiary/aromatic N) is 3. The molecule has 1 fully saturated rings. The number of pyridine rings is 1. The molecule has 0 bridgehead atoms. The Morgan fingerprint density at radius 1 is 1.23 bits per heavy atom. The molecule has 0 radical (unpaired) electrons. The molecule has 7 nitrogen and oxygen atoms in total. The molecule has 0 spiro atoms. The number of carbonyl (C=O) groups is 2. The Balaban J connectivity index is 1.63. The normalized spacial score (nSPS) is 13.7. The molecule has 2 aromatic heterocycles. The van der Waals surface area contributed by atoms with Crippen molar-refractivity contribution in [3.05, 3.63) is 46.7 Å². The van der Waals surface area contributed by atoms with Crippen molar-refractivity contribution in [2.45, 2.75) is 52.3 Å². The summed E-state index contributed by atoms with van der Waals surface area (Å²) in [6, 6.07) is 3.17. The van der Waals surface area contributed by atoms with Gasteiger partial charge in [-0.15, -0.1) is 0 Å².